The summed E-state index contributed by atoms with van der Waals surface area (Å²) in [6, 6.07) is 7.37. The lowest BCUT2D eigenvalue weighted by molar-refractivity contribution is 0.0129. The summed E-state index contributed by atoms with van der Waals surface area (Å²) in [6.45, 7) is 5.84. The average molecular weight is 452 g/mol. The zero-order valence-corrected chi connectivity index (χ0v) is 18.7. The molecular formula is C23H31F2N3O4. The van der Waals surface area contributed by atoms with Gasteiger partial charge in [0.05, 0.1) is 30.9 Å². The second-order valence-electron chi connectivity index (χ2n) is 8.73. The molecule has 2 aromatic rings. The van der Waals surface area contributed by atoms with Gasteiger partial charge in [0.15, 0.2) is 0 Å². The first-order valence-electron chi connectivity index (χ1n) is 10.5. The van der Waals surface area contributed by atoms with Gasteiger partial charge >= 0.3 is 6.09 Å². The monoisotopic (exact) mass is 451 g/mol. The standard InChI is InChI=1S/C21H25N3O4.C2H4F2.H2/c1-21(2,14-5-6-14)19-16-7-4-13(8-17(16)23-20(26)28-19)10-24-12-22-15(11-27-3)9-18(24)25;1-2(3)4;/h4,7-9,12,14,19H,5-6,10-11H2,1-3H3,(H,23,26);2H,1H3;1H/t19-;;/m1../s1. The lowest BCUT2D eigenvalue weighted by atomic mass is 9.77. The number of carbonyl (C=O) groups is 1. The molecule has 0 radical (unpaired) electrons. The molecule has 1 aromatic carbocycles. The van der Waals surface area contributed by atoms with Crippen molar-refractivity contribution in [3.63, 3.8) is 0 Å². The molecule has 1 atom stereocenters. The van der Waals surface area contributed by atoms with Gasteiger partial charge in [-0.05, 0) is 37.3 Å². The van der Waals surface area contributed by atoms with E-state index in [0.717, 1.165) is 23.7 Å². The molecule has 9 heteroatoms. The number of nitrogens with zero attached hydrogens (tertiary/aromatic N) is 2. The highest BCUT2D eigenvalue weighted by atomic mass is 19.3. The number of aromatic nitrogens is 2. The summed E-state index contributed by atoms with van der Waals surface area (Å²) in [5.41, 5.74) is 3.01. The van der Waals surface area contributed by atoms with Crippen LogP contribution in [0.15, 0.2) is 35.4 Å². The minimum Gasteiger partial charge on any atom is -0.440 e. The molecule has 0 unspecified atom stereocenters. The summed E-state index contributed by atoms with van der Waals surface area (Å²) in [5.74, 6) is 0.575. The van der Waals surface area contributed by atoms with Gasteiger partial charge in [-0.3, -0.25) is 14.7 Å². The van der Waals surface area contributed by atoms with Crippen molar-refractivity contribution < 1.29 is 24.5 Å². The quantitative estimate of drug-likeness (QED) is 0.669. The van der Waals surface area contributed by atoms with Crippen LogP contribution in [0, 0.1) is 11.3 Å². The molecule has 32 heavy (non-hydrogen) atoms. The van der Waals surface area contributed by atoms with Crippen molar-refractivity contribution in [2.24, 2.45) is 11.3 Å². The van der Waals surface area contributed by atoms with Crippen molar-refractivity contribution in [1.82, 2.24) is 9.55 Å². The molecule has 176 valence electrons. The van der Waals surface area contributed by atoms with Gasteiger partial charge in [0, 0.05) is 25.6 Å². The molecule has 4 rings (SSSR count). The van der Waals surface area contributed by atoms with Crippen LogP contribution < -0.4 is 10.9 Å². The number of halogens is 2. The number of methoxy groups -OCH3 is 1. The van der Waals surface area contributed by atoms with Crippen molar-refractivity contribution in [3.8, 4) is 0 Å². The van der Waals surface area contributed by atoms with Crippen LogP contribution in [0.4, 0.5) is 19.3 Å². The zero-order chi connectivity index (χ0) is 23.5. The highest BCUT2D eigenvalue weighted by molar-refractivity contribution is 5.88. The van der Waals surface area contributed by atoms with E-state index in [1.165, 1.54) is 29.8 Å². The van der Waals surface area contributed by atoms with Crippen LogP contribution in [0.5, 0.6) is 0 Å². The Hall–Kier alpha value is -2.81. The summed E-state index contributed by atoms with van der Waals surface area (Å²) < 4.78 is 32.9. The van der Waals surface area contributed by atoms with E-state index >= 15 is 0 Å². The third kappa shape index (κ3) is 5.70. The van der Waals surface area contributed by atoms with Gasteiger partial charge in [-0.15, -0.1) is 0 Å². The maximum absolute atomic E-state index is 12.3. The second-order valence-corrected chi connectivity index (χ2v) is 8.73. The SMILES string of the molecule is CC(F)F.COCc1cc(=O)n(Cc2ccc3c(c2)NC(=O)O[C@H]3C(C)(C)C2CC2)cn1.[HH]. The van der Waals surface area contributed by atoms with Crippen LogP contribution in [0.1, 0.15) is 58.0 Å². The van der Waals surface area contributed by atoms with Gasteiger partial charge in [-0.1, -0.05) is 26.0 Å². The van der Waals surface area contributed by atoms with E-state index in [0.29, 0.717) is 24.8 Å². The van der Waals surface area contributed by atoms with Crippen molar-refractivity contribution >= 4 is 11.8 Å². The number of carbonyl (C=O) groups excluding carboxylic acids is 1. The third-order valence-electron chi connectivity index (χ3n) is 5.75. The maximum Gasteiger partial charge on any atom is 0.412 e. The van der Waals surface area contributed by atoms with E-state index in [9.17, 15) is 18.4 Å². The van der Waals surface area contributed by atoms with Crippen LogP contribution in [-0.4, -0.2) is 29.2 Å². The molecule has 7 nitrogen and oxygen atoms in total. The number of alkyl halides is 2. The first-order valence-corrected chi connectivity index (χ1v) is 10.5. The predicted octanol–water partition coefficient (Wildman–Crippen LogP) is 4.99. The summed E-state index contributed by atoms with van der Waals surface area (Å²) in [6.07, 6.45) is 1.02. The smallest absolute Gasteiger partial charge is 0.412 e. The Morgan fingerprint density at radius 3 is 2.59 bits per heavy atom. The van der Waals surface area contributed by atoms with Crippen LogP contribution in [0.25, 0.3) is 0 Å². The highest BCUT2D eigenvalue weighted by Crippen LogP contribution is 2.55. The van der Waals surface area contributed by atoms with Crippen LogP contribution in [0.3, 0.4) is 0 Å². The van der Waals surface area contributed by atoms with Gasteiger partial charge in [0.1, 0.15) is 6.10 Å². The summed E-state index contributed by atoms with van der Waals surface area (Å²) in [5, 5.41) is 2.81. The fraction of sp³-hybridized carbons (Fsp3) is 0.522. The van der Waals surface area contributed by atoms with Crippen LogP contribution in [-0.2, 0) is 22.6 Å². The topological polar surface area (TPSA) is 82.5 Å². The number of nitrogens with one attached hydrogen (secondary N) is 1. The molecule has 0 saturated heterocycles. The summed E-state index contributed by atoms with van der Waals surface area (Å²) in [4.78, 5) is 28.7. The van der Waals surface area contributed by atoms with E-state index in [4.69, 9.17) is 9.47 Å². The lowest BCUT2D eigenvalue weighted by Crippen LogP contribution is -2.34. The van der Waals surface area contributed by atoms with Gasteiger partial charge in [0.2, 0.25) is 6.43 Å². The minimum atomic E-state index is -2.17. The van der Waals surface area contributed by atoms with E-state index < -0.39 is 12.5 Å². The minimum absolute atomic E-state index is 0. The Bertz CT molecular complexity index is 1020. The van der Waals surface area contributed by atoms with Crippen molar-refractivity contribution in [3.05, 3.63) is 57.8 Å². The Kier molecular flexibility index (Phi) is 7.28. The van der Waals surface area contributed by atoms with Crippen molar-refractivity contribution in [2.75, 3.05) is 12.4 Å². The molecule has 0 bridgehead atoms. The van der Waals surface area contributed by atoms with Gasteiger partial charge in [-0.25, -0.2) is 18.6 Å². The van der Waals surface area contributed by atoms with Crippen LogP contribution >= 0.6 is 0 Å². The first kappa shape index (κ1) is 23.8. The molecule has 0 spiro atoms. The number of amides is 1. The summed E-state index contributed by atoms with van der Waals surface area (Å²) >= 11 is 0. The van der Waals surface area contributed by atoms with E-state index in [1.54, 1.807) is 7.11 Å². The van der Waals surface area contributed by atoms with Gasteiger partial charge < -0.3 is 9.47 Å². The number of cyclic esters (lactones) is 1. The number of anilines is 1. The Morgan fingerprint density at radius 2 is 2.00 bits per heavy atom. The van der Waals surface area contributed by atoms with Crippen molar-refractivity contribution in [2.45, 2.75) is 59.3 Å². The molecule has 1 aliphatic carbocycles. The number of ether oxygens (including phenoxy) is 2. The third-order valence-corrected chi connectivity index (χ3v) is 5.75. The predicted molar refractivity (Wildman–Crippen MR) is 118 cm³/mol. The molecule has 1 N–H and O–H groups in total. The normalized spacial score (nSPS) is 17.7. The zero-order valence-electron chi connectivity index (χ0n) is 18.7. The average Bonchev–Trinajstić information content (AvgIpc) is 3.55. The molecule has 1 fully saturated rings. The Balaban J connectivity index is 0.000000714. The lowest BCUT2D eigenvalue weighted by Gasteiger charge is -2.38. The molecule has 1 amide bonds. The first-order chi connectivity index (χ1) is 15.1. The fourth-order valence-electron chi connectivity index (χ4n) is 3.95. The summed E-state index contributed by atoms with van der Waals surface area (Å²) in [7, 11) is 1.57. The molecule has 1 aromatic heterocycles. The van der Waals surface area contributed by atoms with Gasteiger partial charge in [0.25, 0.3) is 5.56 Å². The Labute approximate surface area is 187 Å². The number of hydrogen-bond acceptors (Lipinski definition) is 5. The maximum atomic E-state index is 12.3. The molecular weight excluding hydrogens is 420 g/mol. The van der Waals surface area contributed by atoms with E-state index in [2.05, 4.69) is 24.1 Å². The molecule has 2 aliphatic rings. The number of hydrogen-bond donors (Lipinski definition) is 1. The number of benzene rings is 1. The van der Waals surface area contributed by atoms with E-state index in [-0.39, 0.29) is 18.5 Å². The second kappa shape index (κ2) is 9.77. The fourth-order valence-corrected chi connectivity index (χ4v) is 3.95. The van der Waals surface area contributed by atoms with E-state index in [1.807, 2.05) is 18.2 Å². The van der Waals surface area contributed by atoms with Crippen LogP contribution in [0.2, 0.25) is 0 Å². The molecule has 2 heterocycles. The highest BCUT2D eigenvalue weighted by Gasteiger charge is 2.47. The van der Waals surface area contributed by atoms with Gasteiger partial charge in [-0.2, -0.15) is 0 Å². The molecule has 1 saturated carbocycles. The number of rotatable bonds is 6. The number of fused-ring (bicyclic) bond motifs is 1. The Morgan fingerprint density at radius 1 is 1.31 bits per heavy atom. The van der Waals surface area contributed by atoms with Crippen molar-refractivity contribution in [1.29, 1.82) is 0 Å². The largest absolute Gasteiger partial charge is 0.440 e. The molecule has 1 aliphatic heterocycles.